The van der Waals surface area contributed by atoms with Gasteiger partial charge in [0.1, 0.15) is 5.60 Å². The van der Waals surface area contributed by atoms with Crippen LogP contribution >= 0.6 is 0 Å². The Balaban J connectivity index is 1.84. The summed E-state index contributed by atoms with van der Waals surface area (Å²) in [5.41, 5.74) is 2.30. The highest BCUT2D eigenvalue weighted by Gasteiger charge is 2.16. The van der Waals surface area contributed by atoms with Crippen LogP contribution < -0.4 is 20.1 Å². The van der Waals surface area contributed by atoms with E-state index < -0.39 is 11.7 Å². The number of nitrogens with one attached hydrogen (secondary N) is 2. The van der Waals surface area contributed by atoms with Crippen molar-refractivity contribution in [3.8, 4) is 11.5 Å². The Hall–Kier alpha value is -2.89. The van der Waals surface area contributed by atoms with Crippen molar-refractivity contribution in [2.75, 3.05) is 31.4 Å². The van der Waals surface area contributed by atoms with Gasteiger partial charge in [-0.3, -0.25) is 5.32 Å². The van der Waals surface area contributed by atoms with E-state index in [4.69, 9.17) is 14.2 Å². The van der Waals surface area contributed by atoms with Crippen LogP contribution in [-0.4, -0.2) is 32.5 Å². The van der Waals surface area contributed by atoms with E-state index >= 15 is 0 Å². The molecule has 2 rings (SSSR count). The summed E-state index contributed by atoms with van der Waals surface area (Å²) in [6.07, 6.45) is 0.384. The van der Waals surface area contributed by atoms with Gasteiger partial charge in [0.2, 0.25) is 0 Å². The summed E-state index contributed by atoms with van der Waals surface area (Å²) in [7, 11) is 3.26. The summed E-state index contributed by atoms with van der Waals surface area (Å²) in [5.74, 6) is 1.45. The van der Waals surface area contributed by atoms with Crippen LogP contribution in [-0.2, 0) is 11.2 Å². The van der Waals surface area contributed by atoms with Crippen molar-refractivity contribution in [1.82, 2.24) is 0 Å². The molecule has 6 nitrogen and oxygen atoms in total. The zero-order valence-corrected chi connectivity index (χ0v) is 16.6. The van der Waals surface area contributed by atoms with E-state index in [2.05, 4.69) is 10.6 Å². The van der Waals surface area contributed by atoms with Gasteiger partial charge in [0, 0.05) is 17.9 Å². The number of benzene rings is 2. The molecule has 146 valence electrons. The van der Waals surface area contributed by atoms with Crippen molar-refractivity contribution < 1.29 is 19.0 Å². The zero-order chi connectivity index (χ0) is 19.9. The van der Waals surface area contributed by atoms with Crippen LogP contribution in [0.25, 0.3) is 0 Å². The van der Waals surface area contributed by atoms with Crippen molar-refractivity contribution in [1.29, 1.82) is 0 Å². The lowest BCUT2D eigenvalue weighted by Crippen LogP contribution is -2.27. The van der Waals surface area contributed by atoms with E-state index in [0.29, 0.717) is 5.69 Å². The Kier molecular flexibility index (Phi) is 6.93. The third-order valence-electron chi connectivity index (χ3n) is 3.72. The third-order valence-corrected chi connectivity index (χ3v) is 3.72. The van der Waals surface area contributed by atoms with Gasteiger partial charge in [0.15, 0.2) is 11.5 Å². The first-order chi connectivity index (χ1) is 12.8. The van der Waals surface area contributed by atoms with E-state index in [1.54, 1.807) is 14.2 Å². The molecule has 0 atom stereocenters. The van der Waals surface area contributed by atoms with Gasteiger partial charge in [-0.15, -0.1) is 0 Å². The van der Waals surface area contributed by atoms with Crippen molar-refractivity contribution in [2.24, 2.45) is 0 Å². The van der Waals surface area contributed by atoms with Crippen molar-refractivity contribution in [3.63, 3.8) is 0 Å². The lowest BCUT2D eigenvalue weighted by molar-refractivity contribution is 0.0636. The molecular formula is C21H28N2O4. The van der Waals surface area contributed by atoms with Crippen LogP contribution in [0, 0.1) is 0 Å². The van der Waals surface area contributed by atoms with Crippen LogP contribution in [0.1, 0.15) is 26.3 Å². The highest BCUT2D eigenvalue weighted by molar-refractivity contribution is 5.85. The molecule has 27 heavy (non-hydrogen) atoms. The average Bonchev–Trinajstić information content (AvgIpc) is 2.61. The Bertz CT molecular complexity index is 752. The number of anilines is 2. The zero-order valence-electron chi connectivity index (χ0n) is 16.6. The molecule has 2 aromatic rings. The molecule has 0 radical (unpaired) electrons. The summed E-state index contributed by atoms with van der Waals surface area (Å²) in [4.78, 5) is 11.8. The molecule has 0 aromatic heterocycles. The number of methoxy groups -OCH3 is 2. The smallest absolute Gasteiger partial charge is 0.412 e. The molecular weight excluding hydrogens is 344 g/mol. The largest absolute Gasteiger partial charge is 0.493 e. The Morgan fingerprint density at radius 3 is 2.15 bits per heavy atom. The molecule has 2 aromatic carbocycles. The maximum Gasteiger partial charge on any atom is 0.412 e. The monoisotopic (exact) mass is 372 g/mol. The molecule has 1 amide bonds. The van der Waals surface area contributed by atoms with Gasteiger partial charge in [-0.25, -0.2) is 4.79 Å². The van der Waals surface area contributed by atoms with E-state index in [1.807, 2.05) is 63.2 Å². The van der Waals surface area contributed by atoms with Gasteiger partial charge in [-0.1, -0.05) is 6.07 Å². The summed E-state index contributed by atoms with van der Waals surface area (Å²) in [6, 6.07) is 13.4. The molecule has 0 bridgehead atoms. The number of ether oxygens (including phenoxy) is 3. The Labute approximate surface area is 160 Å². The van der Waals surface area contributed by atoms with Crippen LogP contribution in [0.3, 0.4) is 0 Å². The maximum absolute atomic E-state index is 11.8. The first-order valence-corrected chi connectivity index (χ1v) is 8.85. The number of hydrogen-bond donors (Lipinski definition) is 2. The summed E-state index contributed by atoms with van der Waals surface area (Å²) >= 11 is 0. The summed E-state index contributed by atoms with van der Waals surface area (Å²) in [5, 5.41) is 6.08. The molecule has 6 heteroatoms. The van der Waals surface area contributed by atoms with Crippen LogP contribution in [0.15, 0.2) is 42.5 Å². The molecule has 0 aliphatic heterocycles. The fourth-order valence-electron chi connectivity index (χ4n) is 2.48. The maximum atomic E-state index is 11.8. The summed E-state index contributed by atoms with van der Waals surface area (Å²) < 4.78 is 15.8. The number of amides is 1. The van der Waals surface area contributed by atoms with Gasteiger partial charge in [-0.2, -0.15) is 0 Å². The third kappa shape index (κ3) is 6.73. The molecule has 0 heterocycles. The molecule has 0 unspecified atom stereocenters. The van der Waals surface area contributed by atoms with E-state index in [0.717, 1.165) is 35.7 Å². The van der Waals surface area contributed by atoms with Gasteiger partial charge in [0.25, 0.3) is 0 Å². The number of carbonyl (C=O) groups is 1. The van der Waals surface area contributed by atoms with Crippen LogP contribution in [0.2, 0.25) is 0 Å². The first kappa shape index (κ1) is 20.4. The highest BCUT2D eigenvalue weighted by Crippen LogP contribution is 2.27. The predicted molar refractivity (Wildman–Crippen MR) is 108 cm³/mol. The molecule has 0 fully saturated rings. The minimum absolute atomic E-state index is 0.461. The van der Waals surface area contributed by atoms with Gasteiger partial charge in [0.05, 0.1) is 14.2 Å². The Morgan fingerprint density at radius 2 is 1.56 bits per heavy atom. The highest BCUT2D eigenvalue weighted by atomic mass is 16.6. The normalized spacial score (nSPS) is 10.9. The number of rotatable bonds is 7. The van der Waals surface area contributed by atoms with Gasteiger partial charge in [-0.05, 0) is 69.2 Å². The minimum atomic E-state index is -0.518. The molecule has 0 spiro atoms. The van der Waals surface area contributed by atoms with Crippen LogP contribution in [0.5, 0.6) is 11.5 Å². The van der Waals surface area contributed by atoms with E-state index in [-0.39, 0.29) is 0 Å². The summed E-state index contributed by atoms with van der Waals surface area (Å²) in [6.45, 7) is 6.27. The molecule has 2 N–H and O–H groups in total. The quantitative estimate of drug-likeness (QED) is 0.737. The second kappa shape index (κ2) is 9.16. The SMILES string of the molecule is COc1ccc(CCNc2ccc(NC(=O)OC(C)(C)C)cc2)cc1OC. The second-order valence-electron chi connectivity index (χ2n) is 7.07. The lowest BCUT2D eigenvalue weighted by Gasteiger charge is -2.19. The van der Waals surface area contributed by atoms with Gasteiger partial charge >= 0.3 is 6.09 Å². The minimum Gasteiger partial charge on any atom is -0.493 e. The van der Waals surface area contributed by atoms with E-state index in [1.165, 1.54) is 0 Å². The topological polar surface area (TPSA) is 68.8 Å². The molecule has 0 saturated heterocycles. The van der Waals surface area contributed by atoms with Gasteiger partial charge < -0.3 is 19.5 Å². The molecule has 0 aliphatic carbocycles. The fourth-order valence-corrected chi connectivity index (χ4v) is 2.48. The lowest BCUT2D eigenvalue weighted by atomic mass is 10.1. The number of hydrogen-bond acceptors (Lipinski definition) is 5. The fraction of sp³-hybridized carbons (Fsp3) is 0.381. The average molecular weight is 372 g/mol. The Morgan fingerprint density at radius 1 is 0.926 bits per heavy atom. The molecule has 0 saturated carbocycles. The van der Waals surface area contributed by atoms with Crippen molar-refractivity contribution >= 4 is 17.5 Å². The van der Waals surface area contributed by atoms with E-state index in [9.17, 15) is 4.79 Å². The van der Waals surface area contributed by atoms with Crippen LogP contribution in [0.4, 0.5) is 16.2 Å². The molecule has 0 aliphatic rings. The first-order valence-electron chi connectivity index (χ1n) is 8.85. The standard InChI is InChI=1S/C21H28N2O4/c1-21(2,3)27-20(24)23-17-9-7-16(8-10-17)22-13-12-15-6-11-18(25-4)19(14-15)26-5/h6-11,14,22H,12-13H2,1-5H3,(H,23,24). The van der Waals surface area contributed by atoms with Crippen molar-refractivity contribution in [2.45, 2.75) is 32.8 Å². The van der Waals surface area contributed by atoms with Crippen molar-refractivity contribution in [3.05, 3.63) is 48.0 Å². The number of carbonyl (C=O) groups excluding carboxylic acids is 1. The predicted octanol–water partition coefficient (Wildman–Crippen LogP) is 4.71. The second-order valence-corrected chi connectivity index (χ2v) is 7.07.